The van der Waals surface area contributed by atoms with Gasteiger partial charge in [-0.3, -0.25) is 15.0 Å². The van der Waals surface area contributed by atoms with Gasteiger partial charge in [0, 0.05) is 18.5 Å². The van der Waals surface area contributed by atoms with E-state index in [1.807, 2.05) is 30.3 Å². The molecule has 0 saturated carbocycles. The number of nitrogens with zero attached hydrogens (tertiary/aromatic N) is 1. The molecule has 28 heavy (non-hydrogen) atoms. The first-order chi connectivity index (χ1) is 13.6. The van der Waals surface area contributed by atoms with Crippen LogP contribution in [-0.2, 0) is 4.79 Å². The van der Waals surface area contributed by atoms with Gasteiger partial charge in [-0.15, -0.1) is 0 Å². The van der Waals surface area contributed by atoms with Gasteiger partial charge in [0.1, 0.15) is 11.5 Å². The maximum atomic E-state index is 12.8. The summed E-state index contributed by atoms with van der Waals surface area (Å²) < 4.78 is 5.20. The fraction of sp³-hybridized carbons (Fsp3) is 0.200. The highest BCUT2D eigenvalue weighted by Gasteiger charge is 2.38. The average molecular weight is 397 g/mol. The van der Waals surface area contributed by atoms with E-state index in [1.165, 1.54) is 12.1 Å². The van der Waals surface area contributed by atoms with Gasteiger partial charge in [0.05, 0.1) is 23.7 Å². The van der Waals surface area contributed by atoms with Crippen molar-refractivity contribution < 1.29 is 19.4 Å². The topological polar surface area (TPSA) is 90.9 Å². The van der Waals surface area contributed by atoms with Crippen molar-refractivity contribution in [2.75, 3.05) is 18.6 Å². The van der Waals surface area contributed by atoms with Crippen molar-refractivity contribution in [3.63, 3.8) is 0 Å². The molecule has 8 heteroatoms. The lowest BCUT2D eigenvalue weighted by molar-refractivity contribution is -0.113. The molecule has 3 N–H and O–H groups in total. The molecule has 2 aromatic rings. The number of phenolic OH excluding ortho intramolecular Hbond substituents is 1. The number of amides is 2. The summed E-state index contributed by atoms with van der Waals surface area (Å²) in [5.41, 5.74) is 7.76. The third-order valence-electron chi connectivity index (χ3n) is 4.75. The van der Waals surface area contributed by atoms with E-state index in [0.717, 1.165) is 28.0 Å². The molecule has 2 aromatic carbocycles. The number of benzene rings is 2. The lowest BCUT2D eigenvalue weighted by Gasteiger charge is -2.17. The molecule has 0 spiro atoms. The number of ether oxygens (including phenoxy) is 1. The van der Waals surface area contributed by atoms with Gasteiger partial charge in [0.15, 0.2) is 0 Å². The molecule has 0 aromatic heterocycles. The highest BCUT2D eigenvalue weighted by atomic mass is 32.2. The van der Waals surface area contributed by atoms with Gasteiger partial charge in [-0.05, 0) is 41.6 Å². The molecule has 2 atom stereocenters. The Morgan fingerprint density at radius 3 is 2.71 bits per heavy atom. The molecular formula is C20H19N3O4S. The highest BCUT2D eigenvalue weighted by Crippen LogP contribution is 2.38. The van der Waals surface area contributed by atoms with E-state index in [2.05, 4.69) is 10.9 Å². The summed E-state index contributed by atoms with van der Waals surface area (Å²) >= 11 is 0.914. The van der Waals surface area contributed by atoms with Crippen LogP contribution in [-0.4, -0.2) is 29.9 Å². The summed E-state index contributed by atoms with van der Waals surface area (Å²) in [5.74, 6) is 0.403. The molecule has 7 nitrogen and oxygen atoms in total. The number of hydrogen-bond acceptors (Lipinski definition) is 7. The predicted octanol–water partition coefficient (Wildman–Crippen LogP) is 2.95. The molecular weight excluding hydrogens is 378 g/mol. The summed E-state index contributed by atoms with van der Waals surface area (Å²) in [4.78, 5) is 26.7. The van der Waals surface area contributed by atoms with Crippen molar-refractivity contribution in [3.8, 4) is 11.5 Å². The highest BCUT2D eigenvalue weighted by molar-refractivity contribution is 8.18. The summed E-state index contributed by atoms with van der Waals surface area (Å²) in [6.45, 7) is 0.633. The Bertz CT molecular complexity index is 945. The lowest BCUT2D eigenvalue weighted by atomic mass is 9.94. The molecule has 2 heterocycles. The number of anilines is 1. The number of hydrogen-bond donors (Lipinski definition) is 3. The number of carbonyl (C=O) groups excluding carboxylic acids is 2. The zero-order chi connectivity index (χ0) is 19.7. The van der Waals surface area contributed by atoms with E-state index in [9.17, 15) is 14.7 Å². The number of aromatic hydroxyl groups is 1. The number of phenols is 1. The third-order valence-corrected chi connectivity index (χ3v) is 5.63. The van der Waals surface area contributed by atoms with Crippen LogP contribution in [0.15, 0.2) is 59.5 Å². The maximum absolute atomic E-state index is 12.8. The predicted molar refractivity (Wildman–Crippen MR) is 107 cm³/mol. The van der Waals surface area contributed by atoms with Gasteiger partial charge < -0.3 is 9.84 Å². The molecule has 2 aliphatic rings. The fourth-order valence-electron chi connectivity index (χ4n) is 3.34. The van der Waals surface area contributed by atoms with Crippen LogP contribution >= 0.6 is 11.8 Å². The van der Waals surface area contributed by atoms with Crippen molar-refractivity contribution in [2.24, 2.45) is 5.92 Å². The second-order valence-corrected chi connectivity index (χ2v) is 7.49. The Hall–Kier alpha value is -2.81. The number of carbonyl (C=O) groups is 2. The average Bonchev–Trinajstić information content (AvgIpc) is 3.26. The summed E-state index contributed by atoms with van der Waals surface area (Å²) in [7, 11) is 1.62. The second-order valence-electron chi connectivity index (χ2n) is 6.50. The van der Waals surface area contributed by atoms with Crippen molar-refractivity contribution in [1.82, 2.24) is 10.9 Å². The van der Waals surface area contributed by atoms with E-state index < -0.39 is 0 Å². The monoisotopic (exact) mass is 397 g/mol. The Morgan fingerprint density at radius 2 is 2.00 bits per heavy atom. The minimum atomic E-state index is -0.374. The van der Waals surface area contributed by atoms with Crippen LogP contribution < -0.4 is 20.5 Å². The number of imide groups is 1. The van der Waals surface area contributed by atoms with E-state index in [4.69, 9.17) is 4.74 Å². The third kappa shape index (κ3) is 3.49. The summed E-state index contributed by atoms with van der Waals surface area (Å²) in [5, 5.41) is 9.27. The number of thioether (sulfide) groups is 1. The van der Waals surface area contributed by atoms with Crippen LogP contribution in [0, 0.1) is 5.92 Å². The molecule has 144 valence electrons. The number of methoxy groups -OCH3 is 1. The number of rotatable bonds is 4. The molecule has 0 aliphatic carbocycles. The Kier molecular flexibility index (Phi) is 5.08. The van der Waals surface area contributed by atoms with Gasteiger partial charge in [-0.25, -0.2) is 10.3 Å². The van der Waals surface area contributed by atoms with E-state index in [-0.39, 0.29) is 28.9 Å². The molecule has 0 bridgehead atoms. The van der Waals surface area contributed by atoms with Crippen LogP contribution in [0.5, 0.6) is 11.5 Å². The van der Waals surface area contributed by atoms with Gasteiger partial charge in [0.25, 0.3) is 11.1 Å². The largest absolute Gasteiger partial charge is 0.508 e. The molecule has 2 unspecified atom stereocenters. The van der Waals surface area contributed by atoms with Crippen LogP contribution in [0.2, 0.25) is 0 Å². The molecule has 2 saturated heterocycles. The van der Waals surface area contributed by atoms with E-state index in [0.29, 0.717) is 17.1 Å². The molecule has 2 fully saturated rings. The van der Waals surface area contributed by atoms with Crippen LogP contribution in [0.1, 0.15) is 11.6 Å². The first-order valence-electron chi connectivity index (χ1n) is 8.76. The number of hydrazine groups is 1. The minimum Gasteiger partial charge on any atom is -0.508 e. The van der Waals surface area contributed by atoms with Gasteiger partial charge >= 0.3 is 0 Å². The van der Waals surface area contributed by atoms with Crippen molar-refractivity contribution in [3.05, 3.63) is 65.1 Å². The first kappa shape index (κ1) is 18.5. The smallest absolute Gasteiger partial charge is 0.298 e. The Morgan fingerprint density at radius 1 is 1.21 bits per heavy atom. The lowest BCUT2D eigenvalue weighted by Crippen LogP contribution is -2.27. The van der Waals surface area contributed by atoms with Crippen molar-refractivity contribution in [1.29, 1.82) is 0 Å². The van der Waals surface area contributed by atoms with Crippen molar-refractivity contribution >= 4 is 28.6 Å². The minimum absolute atomic E-state index is 0.00299. The first-order valence-corrected chi connectivity index (χ1v) is 9.58. The quantitative estimate of drug-likeness (QED) is 0.683. The van der Waals surface area contributed by atoms with Crippen LogP contribution in [0.25, 0.3) is 0 Å². The maximum Gasteiger partial charge on any atom is 0.298 e. The zero-order valence-electron chi connectivity index (χ0n) is 15.1. The SMILES string of the molecule is COc1ccc(C2NNCC2/C=C2\SC(=O)N(c3cccc(O)c3)C2=O)cc1. The fourth-order valence-corrected chi connectivity index (χ4v) is 4.23. The summed E-state index contributed by atoms with van der Waals surface area (Å²) in [6, 6.07) is 13.8. The molecule has 4 rings (SSSR count). The van der Waals surface area contributed by atoms with Gasteiger partial charge in [0.2, 0.25) is 0 Å². The summed E-state index contributed by atoms with van der Waals surface area (Å²) in [6.07, 6.45) is 1.84. The zero-order valence-corrected chi connectivity index (χ0v) is 15.9. The van der Waals surface area contributed by atoms with Gasteiger partial charge in [-0.1, -0.05) is 24.3 Å². The Labute approximate surface area is 166 Å². The van der Waals surface area contributed by atoms with Gasteiger partial charge in [-0.2, -0.15) is 0 Å². The number of nitrogens with one attached hydrogen (secondary N) is 2. The molecule has 0 radical (unpaired) electrons. The van der Waals surface area contributed by atoms with Crippen LogP contribution in [0.4, 0.5) is 10.5 Å². The van der Waals surface area contributed by atoms with E-state index >= 15 is 0 Å². The van der Waals surface area contributed by atoms with E-state index in [1.54, 1.807) is 19.2 Å². The normalized spacial score (nSPS) is 23.6. The standard InChI is InChI=1S/C20H19N3O4S/c1-27-16-7-5-12(6-8-16)18-13(11-21-22-18)9-17-19(25)23(20(26)28-17)14-3-2-4-15(24)10-14/h2-10,13,18,21-22,24H,11H2,1H3/b17-9-. The van der Waals surface area contributed by atoms with Crippen molar-refractivity contribution in [2.45, 2.75) is 6.04 Å². The Balaban J connectivity index is 1.57. The molecule has 2 amide bonds. The van der Waals surface area contributed by atoms with Crippen LogP contribution in [0.3, 0.4) is 0 Å². The second kappa shape index (κ2) is 7.67. The molecule has 2 aliphatic heterocycles.